The Labute approximate surface area is 101 Å². The average Bonchev–Trinajstić information content (AvgIpc) is 2.59. The molecular formula is C10H18N2O4S. The van der Waals surface area contributed by atoms with Crippen LogP contribution in [0.2, 0.25) is 0 Å². The molecule has 0 saturated carbocycles. The lowest BCUT2D eigenvalue weighted by Crippen LogP contribution is -2.59. The van der Waals surface area contributed by atoms with E-state index >= 15 is 0 Å². The van der Waals surface area contributed by atoms with E-state index in [1.54, 1.807) is 11.9 Å². The molecule has 98 valence electrons. The second kappa shape index (κ2) is 4.55. The maximum absolute atomic E-state index is 12.1. The molecule has 1 amide bonds. The Morgan fingerprint density at radius 3 is 2.65 bits per heavy atom. The lowest BCUT2D eigenvalue weighted by atomic mass is 10.1. The van der Waals surface area contributed by atoms with Crippen LogP contribution in [0.25, 0.3) is 0 Å². The van der Waals surface area contributed by atoms with Gasteiger partial charge in [0.25, 0.3) is 0 Å². The van der Waals surface area contributed by atoms with Gasteiger partial charge in [-0.05, 0) is 13.5 Å². The van der Waals surface area contributed by atoms with Crippen LogP contribution in [0, 0.1) is 0 Å². The smallest absolute Gasteiger partial charge is 0.242 e. The van der Waals surface area contributed by atoms with E-state index in [-0.39, 0.29) is 30.1 Å². The first-order valence-electron chi connectivity index (χ1n) is 5.76. The highest BCUT2D eigenvalue weighted by Crippen LogP contribution is 2.21. The molecule has 2 heterocycles. The van der Waals surface area contributed by atoms with Gasteiger partial charge in [0.1, 0.15) is 6.04 Å². The Kier molecular flexibility index (Phi) is 3.42. The average molecular weight is 262 g/mol. The number of carbonyl (C=O) groups is 1. The van der Waals surface area contributed by atoms with Crippen molar-refractivity contribution in [1.29, 1.82) is 0 Å². The molecule has 0 aromatic rings. The minimum absolute atomic E-state index is 0.0700. The molecule has 2 fully saturated rings. The number of hydrogen-bond donors (Lipinski definition) is 1. The fourth-order valence-electron chi connectivity index (χ4n) is 2.51. The van der Waals surface area contributed by atoms with E-state index in [2.05, 4.69) is 0 Å². The summed E-state index contributed by atoms with van der Waals surface area (Å²) in [6, 6.07) is -0.720. The Bertz CT molecular complexity index is 409. The van der Waals surface area contributed by atoms with E-state index in [1.807, 2.05) is 4.90 Å². The summed E-state index contributed by atoms with van der Waals surface area (Å²) in [5.74, 6) is 0.0881. The predicted octanol–water partition coefficient (Wildman–Crippen LogP) is -1.69. The molecule has 2 aliphatic heterocycles. The van der Waals surface area contributed by atoms with Crippen molar-refractivity contribution in [2.45, 2.75) is 18.5 Å². The molecule has 17 heavy (non-hydrogen) atoms. The number of hydrogen-bond acceptors (Lipinski definition) is 5. The monoisotopic (exact) mass is 262 g/mol. The minimum atomic E-state index is -2.98. The number of aliphatic hydroxyl groups excluding tert-OH is 1. The van der Waals surface area contributed by atoms with E-state index in [0.29, 0.717) is 19.5 Å². The van der Waals surface area contributed by atoms with Gasteiger partial charge in [-0.1, -0.05) is 0 Å². The van der Waals surface area contributed by atoms with Gasteiger partial charge in [-0.3, -0.25) is 9.69 Å². The highest BCUT2D eigenvalue weighted by Gasteiger charge is 2.40. The molecule has 0 aromatic carbocycles. The number of aliphatic hydroxyl groups is 1. The molecule has 2 saturated heterocycles. The molecule has 6 nitrogen and oxygen atoms in total. The SMILES string of the molecule is CN1CCN(C2CCS(=O)(=O)C2)C(=O)C1CO. The van der Waals surface area contributed by atoms with Gasteiger partial charge in [0, 0.05) is 19.1 Å². The quantitative estimate of drug-likeness (QED) is 0.642. The topological polar surface area (TPSA) is 77.9 Å². The van der Waals surface area contributed by atoms with Crippen LogP contribution >= 0.6 is 0 Å². The number of rotatable bonds is 2. The maximum Gasteiger partial charge on any atom is 0.242 e. The third kappa shape index (κ3) is 2.46. The van der Waals surface area contributed by atoms with Gasteiger partial charge in [0.2, 0.25) is 5.91 Å². The fourth-order valence-corrected chi connectivity index (χ4v) is 4.24. The number of likely N-dealkylation sites (N-methyl/N-ethyl adjacent to an activating group) is 1. The van der Waals surface area contributed by atoms with Gasteiger partial charge in [0.05, 0.1) is 18.1 Å². The van der Waals surface area contributed by atoms with Gasteiger partial charge in [-0.2, -0.15) is 0 Å². The summed E-state index contributed by atoms with van der Waals surface area (Å²) in [7, 11) is -1.18. The molecule has 2 unspecified atom stereocenters. The second-order valence-electron chi connectivity index (χ2n) is 4.77. The highest BCUT2D eigenvalue weighted by atomic mass is 32.2. The van der Waals surface area contributed by atoms with Crippen molar-refractivity contribution in [3.05, 3.63) is 0 Å². The number of sulfone groups is 1. The lowest BCUT2D eigenvalue weighted by Gasteiger charge is -2.40. The van der Waals surface area contributed by atoms with Crippen molar-refractivity contribution in [2.24, 2.45) is 0 Å². The third-order valence-electron chi connectivity index (χ3n) is 3.62. The van der Waals surface area contributed by atoms with Crippen molar-refractivity contribution in [2.75, 3.05) is 38.2 Å². The van der Waals surface area contributed by atoms with Crippen LogP contribution < -0.4 is 0 Å². The number of carbonyl (C=O) groups excluding carboxylic acids is 1. The predicted molar refractivity (Wildman–Crippen MR) is 62.3 cm³/mol. The summed E-state index contributed by atoms with van der Waals surface area (Å²) in [4.78, 5) is 15.5. The molecule has 2 atom stereocenters. The Morgan fingerprint density at radius 1 is 1.41 bits per heavy atom. The van der Waals surface area contributed by atoms with Crippen LogP contribution in [-0.4, -0.2) is 79.6 Å². The molecule has 0 bridgehead atoms. The standard InChI is InChI=1S/C10H18N2O4S/c1-11-3-4-12(10(14)9(11)6-13)8-2-5-17(15,16)7-8/h8-9,13H,2-7H2,1H3. The molecule has 0 radical (unpaired) electrons. The van der Waals surface area contributed by atoms with Crippen molar-refractivity contribution in [3.8, 4) is 0 Å². The summed E-state index contributed by atoms with van der Waals surface area (Å²) in [5, 5.41) is 9.19. The van der Waals surface area contributed by atoms with Crippen LogP contribution in [0.5, 0.6) is 0 Å². The summed E-state index contributed by atoms with van der Waals surface area (Å²) < 4.78 is 22.8. The van der Waals surface area contributed by atoms with E-state index in [4.69, 9.17) is 0 Å². The van der Waals surface area contributed by atoms with Gasteiger partial charge >= 0.3 is 0 Å². The summed E-state index contributed by atoms with van der Waals surface area (Å²) in [5.41, 5.74) is 0. The maximum atomic E-state index is 12.1. The third-order valence-corrected chi connectivity index (χ3v) is 5.37. The summed E-state index contributed by atoms with van der Waals surface area (Å²) in [6.07, 6.45) is 0.524. The Hall–Kier alpha value is -0.660. The van der Waals surface area contributed by atoms with Crippen molar-refractivity contribution in [3.63, 3.8) is 0 Å². The lowest BCUT2D eigenvalue weighted by molar-refractivity contribution is -0.144. The zero-order valence-electron chi connectivity index (χ0n) is 9.87. The highest BCUT2D eigenvalue weighted by molar-refractivity contribution is 7.91. The number of nitrogens with zero attached hydrogens (tertiary/aromatic N) is 2. The largest absolute Gasteiger partial charge is 0.394 e. The fraction of sp³-hybridized carbons (Fsp3) is 0.900. The van der Waals surface area contributed by atoms with Gasteiger partial charge < -0.3 is 10.0 Å². The van der Waals surface area contributed by atoms with Crippen molar-refractivity contribution in [1.82, 2.24) is 9.80 Å². The molecule has 0 aliphatic carbocycles. The second-order valence-corrected chi connectivity index (χ2v) is 7.00. The van der Waals surface area contributed by atoms with E-state index in [0.717, 1.165) is 0 Å². The molecule has 7 heteroatoms. The molecule has 0 aromatic heterocycles. The Morgan fingerprint density at radius 2 is 2.12 bits per heavy atom. The normalized spacial score (nSPS) is 34.2. The minimum Gasteiger partial charge on any atom is -0.394 e. The van der Waals surface area contributed by atoms with Crippen LogP contribution in [0.3, 0.4) is 0 Å². The van der Waals surface area contributed by atoms with Gasteiger partial charge in [-0.25, -0.2) is 8.42 Å². The van der Waals surface area contributed by atoms with Crippen LogP contribution in [0.15, 0.2) is 0 Å². The first-order valence-corrected chi connectivity index (χ1v) is 7.59. The van der Waals surface area contributed by atoms with Crippen molar-refractivity contribution < 1.29 is 18.3 Å². The van der Waals surface area contributed by atoms with Gasteiger partial charge in [0.15, 0.2) is 9.84 Å². The first kappa shape index (κ1) is 12.8. The van der Waals surface area contributed by atoms with Gasteiger partial charge in [-0.15, -0.1) is 0 Å². The summed E-state index contributed by atoms with van der Waals surface area (Å²) in [6.45, 7) is 1.00. The molecular weight excluding hydrogens is 244 g/mol. The van der Waals surface area contributed by atoms with Crippen LogP contribution in [-0.2, 0) is 14.6 Å². The van der Waals surface area contributed by atoms with Crippen LogP contribution in [0.1, 0.15) is 6.42 Å². The Balaban J connectivity index is 2.10. The van der Waals surface area contributed by atoms with E-state index in [9.17, 15) is 18.3 Å². The molecule has 2 aliphatic rings. The van der Waals surface area contributed by atoms with E-state index < -0.39 is 15.9 Å². The van der Waals surface area contributed by atoms with Crippen LogP contribution in [0.4, 0.5) is 0 Å². The van der Waals surface area contributed by atoms with E-state index in [1.165, 1.54) is 0 Å². The van der Waals surface area contributed by atoms with Crippen molar-refractivity contribution >= 4 is 15.7 Å². The molecule has 1 N–H and O–H groups in total. The number of piperazine rings is 1. The zero-order valence-corrected chi connectivity index (χ0v) is 10.7. The zero-order chi connectivity index (χ0) is 12.6. The number of amides is 1. The molecule has 0 spiro atoms. The first-order chi connectivity index (χ1) is 7.94. The summed E-state index contributed by atoms with van der Waals surface area (Å²) >= 11 is 0. The molecule has 2 rings (SSSR count).